The van der Waals surface area contributed by atoms with Crippen molar-refractivity contribution in [3.63, 3.8) is 0 Å². The van der Waals surface area contributed by atoms with Crippen LogP contribution in [0.2, 0.25) is 0 Å². The number of carboxylic acids is 1. The van der Waals surface area contributed by atoms with E-state index < -0.39 is 12.0 Å². The van der Waals surface area contributed by atoms with Gasteiger partial charge < -0.3 is 10.4 Å². The number of hydrogen-bond donors (Lipinski definition) is 2. The lowest BCUT2D eigenvalue weighted by Gasteiger charge is -2.15. The van der Waals surface area contributed by atoms with E-state index in [0.717, 1.165) is 12.0 Å². The van der Waals surface area contributed by atoms with Gasteiger partial charge in [-0.25, -0.2) is 4.79 Å². The minimum Gasteiger partial charge on any atom is -0.479 e. The van der Waals surface area contributed by atoms with Crippen LogP contribution >= 0.6 is 0 Å². The van der Waals surface area contributed by atoms with Crippen molar-refractivity contribution in [2.45, 2.75) is 32.2 Å². The third kappa shape index (κ3) is 4.95. The molecule has 0 spiro atoms. The van der Waals surface area contributed by atoms with Gasteiger partial charge >= 0.3 is 5.97 Å². The Labute approximate surface area is 136 Å². The maximum Gasteiger partial charge on any atom is 0.330 e. The van der Waals surface area contributed by atoms with Crippen molar-refractivity contribution >= 4 is 11.9 Å². The summed E-state index contributed by atoms with van der Waals surface area (Å²) in [5.41, 5.74) is 2.90. The summed E-state index contributed by atoms with van der Waals surface area (Å²) in [6.07, 6.45) is 1.84. The zero-order valence-corrected chi connectivity index (χ0v) is 13.2. The summed E-state index contributed by atoms with van der Waals surface area (Å²) in [7, 11) is 0. The van der Waals surface area contributed by atoms with Crippen LogP contribution in [-0.4, -0.2) is 17.0 Å². The molecule has 0 saturated carbocycles. The normalized spacial score (nSPS) is 11.7. The molecule has 2 rings (SSSR count). The van der Waals surface area contributed by atoms with Gasteiger partial charge in [-0.2, -0.15) is 0 Å². The van der Waals surface area contributed by atoms with Crippen molar-refractivity contribution in [2.75, 3.05) is 0 Å². The molecule has 1 amide bonds. The lowest BCUT2D eigenvalue weighted by Crippen LogP contribution is -2.33. The number of benzene rings is 2. The van der Waals surface area contributed by atoms with E-state index in [4.69, 9.17) is 0 Å². The Hall–Kier alpha value is -2.62. The highest BCUT2D eigenvalue weighted by Crippen LogP contribution is 2.13. The van der Waals surface area contributed by atoms with Crippen LogP contribution in [0.1, 0.15) is 36.1 Å². The molecule has 0 radical (unpaired) electrons. The largest absolute Gasteiger partial charge is 0.479 e. The van der Waals surface area contributed by atoms with E-state index in [0.29, 0.717) is 12.0 Å². The Morgan fingerprint density at radius 3 is 2.17 bits per heavy atom. The van der Waals surface area contributed by atoms with Gasteiger partial charge in [0, 0.05) is 6.42 Å². The average molecular weight is 311 g/mol. The van der Waals surface area contributed by atoms with Crippen molar-refractivity contribution in [1.82, 2.24) is 5.32 Å². The van der Waals surface area contributed by atoms with E-state index in [-0.39, 0.29) is 12.3 Å². The second-order valence-electron chi connectivity index (χ2n) is 5.42. The molecule has 0 aliphatic rings. The maximum atomic E-state index is 12.1. The highest BCUT2D eigenvalue weighted by Gasteiger charge is 2.21. The number of carbonyl (C=O) groups is 2. The number of nitrogens with one attached hydrogen (secondary N) is 1. The predicted molar refractivity (Wildman–Crippen MR) is 89.1 cm³/mol. The van der Waals surface area contributed by atoms with Crippen molar-refractivity contribution in [3.8, 4) is 0 Å². The Morgan fingerprint density at radius 2 is 1.61 bits per heavy atom. The van der Waals surface area contributed by atoms with Gasteiger partial charge in [-0.05, 0) is 29.5 Å². The summed E-state index contributed by atoms with van der Waals surface area (Å²) in [6, 6.07) is 15.8. The molecule has 4 nitrogen and oxygen atoms in total. The van der Waals surface area contributed by atoms with Crippen LogP contribution in [0.5, 0.6) is 0 Å². The van der Waals surface area contributed by atoms with Crippen molar-refractivity contribution < 1.29 is 14.7 Å². The van der Waals surface area contributed by atoms with Gasteiger partial charge in [0.25, 0.3) is 0 Å². The second-order valence-corrected chi connectivity index (χ2v) is 5.42. The zero-order chi connectivity index (χ0) is 16.7. The maximum absolute atomic E-state index is 12.1. The molecule has 0 heterocycles. The Balaban J connectivity index is 1.93. The molecule has 2 N–H and O–H groups in total. The molecular weight excluding hydrogens is 290 g/mol. The first kappa shape index (κ1) is 16.7. The van der Waals surface area contributed by atoms with Gasteiger partial charge in [-0.3, -0.25) is 4.79 Å². The van der Waals surface area contributed by atoms with Crippen LogP contribution in [-0.2, 0) is 22.4 Å². The summed E-state index contributed by atoms with van der Waals surface area (Å²) in [5, 5.41) is 11.9. The van der Waals surface area contributed by atoms with E-state index in [9.17, 15) is 14.7 Å². The molecule has 0 saturated heterocycles. The van der Waals surface area contributed by atoms with Gasteiger partial charge in [0.15, 0.2) is 6.04 Å². The van der Waals surface area contributed by atoms with Gasteiger partial charge in [0.1, 0.15) is 0 Å². The van der Waals surface area contributed by atoms with E-state index >= 15 is 0 Å². The molecule has 1 atom stereocenters. The summed E-state index contributed by atoms with van der Waals surface area (Å²) >= 11 is 0. The number of aryl methyl sites for hydroxylation is 2. The Kier molecular flexibility index (Phi) is 5.92. The second kappa shape index (κ2) is 8.13. The van der Waals surface area contributed by atoms with Crippen LogP contribution in [0.4, 0.5) is 0 Å². The molecule has 0 unspecified atom stereocenters. The number of hydrogen-bond acceptors (Lipinski definition) is 2. The topological polar surface area (TPSA) is 66.4 Å². The summed E-state index contributed by atoms with van der Waals surface area (Å²) < 4.78 is 0. The molecule has 2 aromatic carbocycles. The van der Waals surface area contributed by atoms with E-state index in [1.54, 1.807) is 24.3 Å². The van der Waals surface area contributed by atoms with Crippen LogP contribution in [0.15, 0.2) is 54.6 Å². The van der Waals surface area contributed by atoms with Crippen LogP contribution in [0, 0.1) is 0 Å². The lowest BCUT2D eigenvalue weighted by molar-refractivity contribution is -0.142. The average Bonchev–Trinajstić information content (AvgIpc) is 2.58. The molecular formula is C19H21NO3. The van der Waals surface area contributed by atoms with E-state index in [1.165, 1.54) is 5.56 Å². The van der Waals surface area contributed by atoms with Crippen LogP contribution in [0.3, 0.4) is 0 Å². The number of rotatable bonds is 7. The smallest absolute Gasteiger partial charge is 0.330 e. The third-order valence-electron chi connectivity index (χ3n) is 3.76. The van der Waals surface area contributed by atoms with Gasteiger partial charge in [-0.1, -0.05) is 61.5 Å². The highest BCUT2D eigenvalue weighted by molar-refractivity contribution is 5.84. The first-order valence-corrected chi connectivity index (χ1v) is 7.75. The summed E-state index contributed by atoms with van der Waals surface area (Å²) in [5.74, 6) is -1.32. The van der Waals surface area contributed by atoms with E-state index in [2.05, 4.69) is 24.4 Å². The molecule has 2 aromatic rings. The standard InChI is InChI=1S/C19H21NO3/c1-2-14-8-10-15(11-9-14)12-13-17(21)20-18(19(22)23)16-6-4-3-5-7-16/h3-11,18H,2,12-13H2,1H3,(H,20,21)(H,22,23)/t18-/m1/s1. The SMILES string of the molecule is CCc1ccc(CCC(=O)N[C@@H](C(=O)O)c2ccccc2)cc1. The fraction of sp³-hybridized carbons (Fsp3) is 0.263. The van der Waals surface area contributed by atoms with Gasteiger partial charge in [0.05, 0.1) is 0 Å². The third-order valence-corrected chi connectivity index (χ3v) is 3.76. The number of carbonyl (C=O) groups excluding carboxylic acids is 1. The monoisotopic (exact) mass is 311 g/mol. The quantitative estimate of drug-likeness (QED) is 0.825. The molecule has 23 heavy (non-hydrogen) atoms. The predicted octanol–water partition coefficient (Wildman–Crippen LogP) is 3.12. The Morgan fingerprint density at radius 1 is 1.00 bits per heavy atom. The number of aliphatic carboxylic acids is 1. The van der Waals surface area contributed by atoms with Crippen LogP contribution in [0.25, 0.3) is 0 Å². The van der Waals surface area contributed by atoms with E-state index in [1.807, 2.05) is 18.2 Å². The molecule has 0 aromatic heterocycles. The van der Waals surface area contributed by atoms with Gasteiger partial charge in [-0.15, -0.1) is 0 Å². The van der Waals surface area contributed by atoms with Crippen molar-refractivity contribution in [1.29, 1.82) is 0 Å². The fourth-order valence-electron chi connectivity index (χ4n) is 2.37. The number of carboxylic acid groups (broad SMARTS) is 1. The first-order chi connectivity index (χ1) is 11.1. The first-order valence-electron chi connectivity index (χ1n) is 7.75. The van der Waals surface area contributed by atoms with Gasteiger partial charge in [0.2, 0.25) is 5.91 Å². The van der Waals surface area contributed by atoms with Crippen molar-refractivity contribution in [2.24, 2.45) is 0 Å². The Bertz CT molecular complexity index is 650. The number of amides is 1. The molecule has 120 valence electrons. The summed E-state index contributed by atoms with van der Waals surface area (Å²) in [6.45, 7) is 2.10. The molecule has 0 bridgehead atoms. The van der Waals surface area contributed by atoms with Crippen molar-refractivity contribution in [3.05, 3.63) is 71.3 Å². The highest BCUT2D eigenvalue weighted by atomic mass is 16.4. The molecule has 0 fully saturated rings. The molecule has 0 aliphatic carbocycles. The molecule has 0 aliphatic heterocycles. The minimum atomic E-state index is -1.06. The fourth-order valence-corrected chi connectivity index (χ4v) is 2.37. The van der Waals surface area contributed by atoms with Crippen LogP contribution < -0.4 is 5.32 Å². The lowest BCUT2D eigenvalue weighted by atomic mass is 10.0. The molecule has 4 heteroatoms. The minimum absolute atomic E-state index is 0.263. The zero-order valence-electron chi connectivity index (χ0n) is 13.2. The summed E-state index contributed by atoms with van der Waals surface area (Å²) in [4.78, 5) is 23.4.